The summed E-state index contributed by atoms with van der Waals surface area (Å²) >= 11 is 0. The maximum Gasteiger partial charge on any atom is 0.132 e. The first kappa shape index (κ1) is 21.0. The highest BCUT2D eigenvalue weighted by atomic mass is 16.1. The predicted molar refractivity (Wildman–Crippen MR) is 91.0 cm³/mol. The molecule has 0 aromatic carbocycles. The molecule has 0 aromatic rings. The average molecular weight is 310 g/mol. The van der Waals surface area contributed by atoms with Crippen LogP contribution in [0.15, 0.2) is 0 Å². The molecule has 0 aliphatic rings. The summed E-state index contributed by atoms with van der Waals surface area (Å²) in [4.78, 5) is 34.0. The summed E-state index contributed by atoms with van der Waals surface area (Å²) < 4.78 is 0. The Labute approximate surface area is 136 Å². The van der Waals surface area contributed by atoms with Crippen LogP contribution in [0, 0.1) is 0 Å². The van der Waals surface area contributed by atoms with Gasteiger partial charge in [0.25, 0.3) is 0 Å². The molecule has 0 saturated carbocycles. The van der Waals surface area contributed by atoms with Gasteiger partial charge in [-0.25, -0.2) is 0 Å². The number of hydrogen-bond donors (Lipinski definition) is 0. The van der Waals surface area contributed by atoms with Crippen molar-refractivity contribution < 1.29 is 14.4 Å². The highest BCUT2D eigenvalue weighted by Gasteiger charge is 2.05. The molecule has 0 atom stereocenters. The lowest BCUT2D eigenvalue weighted by Crippen LogP contribution is -2.01. The second-order valence-electron chi connectivity index (χ2n) is 6.36. The van der Waals surface area contributed by atoms with Gasteiger partial charge in [0.05, 0.1) is 0 Å². The van der Waals surface area contributed by atoms with Crippen LogP contribution in [0.25, 0.3) is 0 Å². The van der Waals surface area contributed by atoms with Crippen molar-refractivity contribution in [3.8, 4) is 0 Å². The first-order valence-electron chi connectivity index (χ1n) is 9.09. The number of hydrogen-bond acceptors (Lipinski definition) is 3. The quantitative estimate of drug-likeness (QED) is 0.368. The van der Waals surface area contributed by atoms with E-state index in [2.05, 4.69) is 6.92 Å². The molecule has 22 heavy (non-hydrogen) atoms. The van der Waals surface area contributed by atoms with E-state index in [1.54, 1.807) is 6.92 Å². The van der Waals surface area contributed by atoms with Gasteiger partial charge in [0.1, 0.15) is 17.3 Å². The Balaban J connectivity index is 3.35. The van der Waals surface area contributed by atoms with Gasteiger partial charge in [-0.15, -0.1) is 0 Å². The second kappa shape index (κ2) is 14.9. The van der Waals surface area contributed by atoms with Crippen LogP contribution in [0.2, 0.25) is 0 Å². The van der Waals surface area contributed by atoms with Crippen LogP contribution in [-0.4, -0.2) is 17.3 Å². The number of rotatable bonds is 16. The number of carbonyl (C=O) groups is 3. The number of Topliss-reactive ketones (excluding diaryl/α,β-unsaturated/α-hetero) is 3. The molecular weight excluding hydrogens is 276 g/mol. The van der Waals surface area contributed by atoms with Crippen LogP contribution in [0.5, 0.6) is 0 Å². The van der Waals surface area contributed by atoms with Crippen molar-refractivity contribution in [1.82, 2.24) is 0 Å². The number of unbranched alkanes of at least 4 members (excludes halogenated alkanes) is 6. The summed E-state index contributed by atoms with van der Waals surface area (Å²) in [6, 6.07) is 0. The summed E-state index contributed by atoms with van der Waals surface area (Å²) in [5, 5.41) is 0. The third-order valence-corrected chi connectivity index (χ3v) is 3.95. The van der Waals surface area contributed by atoms with E-state index < -0.39 is 0 Å². The van der Waals surface area contributed by atoms with Crippen LogP contribution in [-0.2, 0) is 14.4 Å². The van der Waals surface area contributed by atoms with E-state index in [0.717, 1.165) is 57.8 Å². The van der Waals surface area contributed by atoms with E-state index in [1.165, 1.54) is 0 Å². The minimum absolute atomic E-state index is 0.250. The lowest BCUT2D eigenvalue weighted by atomic mass is 10.0. The molecular formula is C19H34O3. The van der Waals surface area contributed by atoms with Crippen molar-refractivity contribution >= 4 is 17.3 Å². The Kier molecular flexibility index (Phi) is 14.3. The van der Waals surface area contributed by atoms with E-state index in [-0.39, 0.29) is 5.78 Å². The maximum absolute atomic E-state index is 11.7. The Morgan fingerprint density at radius 3 is 1.32 bits per heavy atom. The molecule has 0 fully saturated rings. The molecule has 0 aliphatic carbocycles. The van der Waals surface area contributed by atoms with E-state index >= 15 is 0 Å². The zero-order chi connectivity index (χ0) is 16.6. The van der Waals surface area contributed by atoms with Crippen LogP contribution < -0.4 is 0 Å². The summed E-state index contributed by atoms with van der Waals surface area (Å²) in [5.74, 6) is 0.927. The minimum Gasteiger partial charge on any atom is -0.300 e. The number of ketones is 3. The predicted octanol–water partition coefficient (Wildman–Crippen LogP) is 5.19. The fourth-order valence-electron chi connectivity index (χ4n) is 2.52. The van der Waals surface area contributed by atoms with Gasteiger partial charge in [0, 0.05) is 32.1 Å². The standard InChI is InChI=1S/C19H34O3/c1-3-4-7-13-18(21)15-10-11-16-19(22)14-9-6-5-8-12-17(2)20/h3-16H2,1-2H3. The molecule has 0 N–H and O–H groups in total. The van der Waals surface area contributed by atoms with E-state index in [4.69, 9.17) is 0 Å². The Morgan fingerprint density at radius 1 is 0.545 bits per heavy atom. The molecule has 0 rings (SSSR count). The molecule has 128 valence electrons. The summed E-state index contributed by atoms with van der Waals surface area (Å²) in [6.45, 7) is 3.76. The van der Waals surface area contributed by atoms with E-state index in [0.29, 0.717) is 43.7 Å². The van der Waals surface area contributed by atoms with Crippen molar-refractivity contribution in [2.45, 2.75) is 104 Å². The smallest absolute Gasteiger partial charge is 0.132 e. The molecule has 3 heteroatoms. The third kappa shape index (κ3) is 15.4. The zero-order valence-electron chi connectivity index (χ0n) is 14.6. The molecule has 0 radical (unpaired) electrons. The Bertz CT molecular complexity index is 321. The summed E-state index contributed by atoms with van der Waals surface area (Å²) in [6.07, 6.45) is 12.3. The molecule has 0 saturated heterocycles. The monoisotopic (exact) mass is 310 g/mol. The largest absolute Gasteiger partial charge is 0.300 e. The fraction of sp³-hybridized carbons (Fsp3) is 0.842. The molecule has 0 spiro atoms. The van der Waals surface area contributed by atoms with Gasteiger partial charge in [0.2, 0.25) is 0 Å². The lowest BCUT2D eigenvalue weighted by Gasteiger charge is -2.02. The van der Waals surface area contributed by atoms with Gasteiger partial charge in [-0.3, -0.25) is 9.59 Å². The van der Waals surface area contributed by atoms with Crippen LogP contribution >= 0.6 is 0 Å². The van der Waals surface area contributed by atoms with Gasteiger partial charge < -0.3 is 4.79 Å². The summed E-state index contributed by atoms with van der Waals surface area (Å²) in [5.41, 5.74) is 0. The van der Waals surface area contributed by atoms with E-state index in [9.17, 15) is 14.4 Å². The van der Waals surface area contributed by atoms with Gasteiger partial charge >= 0.3 is 0 Å². The van der Waals surface area contributed by atoms with E-state index in [1.807, 2.05) is 0 Å². The Morgan fingerprint density at radius 2 is 0.909 bits per heavy atom. The van der Waals surface area contributed by atoms with Gasteiger partial charge in [-0.05, 0) is 39.0 Å². The van der Waals surface area contributed by atoms with Gasteiger partial charge in [0.15, 0.2) is 0 Å². The lowest BCUT2D eigenvalue weighted by molar-refractivity contribution is -0.121. The molecule has 0 heterocycles. The first-order valence-corrected chi connectivity index (χ1v) is 9.09. The van der Waals surface area contributed by atoms with Crippen molar-refractivity contribution in [3.05, 3.63) is 0 Å². The third-order valence-electron chi connectivity index (χ3n) is 3.95. The molecule has 0 aliphatic heterocycles. The molecule has 0 amide bonds. The van der Waals surface area contributed by atoms with Crippen molar-refractivity contribution in [1.29, 1.82) is 0 Å². The maximum atomic E-state index is 11.7. The average Bonchev–Trinajstić information content (AvgIpc) is 2.47. The van der Waals surface area contributed by atoms with Crippen molar-refractivity contribution in [2.24, 2.45) is 0 Å². The second-order valence-corrected chi connectivity index (χ2v) is 6.36. The van der Waals surface area contributed by atoms with Crippen molar-refractivity contribution in [2.75, 3.05) is 0 Å². The molecule has 0 unspecified atom stereocenters. The van der Waals surface area contributed by atoms with Gasteiger partial charge in [-0.2, -0.15) is 0 Å². The highest BCUT2D eigenvalue weighted by molar-refractivity contribution is 5.79. The SMILES string of the molecule is CCCCCC(=O)CCCCC(=O)CCCCCCC(C)=O. The normalized spacial score (nSPS) is 10.6. The molecule has 3 nitrogen and oxygen atoms in total. The van der Waals surface area contributed by atoms with Crippen LogP contribution in [0.3, 0.4) is 0 Å². The summed E-state index contributed by atoms with van der Waals surface area (Å²) in [7, 11) is 0. The van der Waals surface area contributed by atoms with Crippen LogP contribution in [0.4, 0.5) is 0 Å². The van der Waals surface area contributed by atoms with Gasteiger partial charge in [-0.1, -0.05) is 32.6 Å². The Hall–Kier alpha value is -0.990. The fourth-order valence-corrected chi connectivity index (χ4v) is 2.52. The topological polar surface area (TPSA) is 51.2 Å². The van der Waals surface area contributed by atoms with Crippen LogP contribution in [0.1, 0.15) is 104 Å². The minimum atomic E-state index is 0.250. The number of carbonyl (C=O) groups excluding carboxylic acids is 3. The zero-order valence-corrected chi connectivity index (χ0v) is 14.6. The molecule has 0 aromatic heterocycles. The first-order chi connectivity index (χ1) is 10.6. The molecule has 0 bridgehead atoms. The van der Waals surface area contributed by atoms with Crippen molar-refractivity contribution in [3.63, 3.8) is 0 Å². The highest BCUT2D eigenvalue weighted by Crippen LogP contribution is 2.10.